The highest BCUT2D eigenvalue weighted by Crippen LogP contribution is 2.59. The van der Waals surface area contributed by atoms with Crippen molar-refractivity contribution in [2.45, 2.75) is 69.8 Å². The monoisotopic (exact) mass is 453 g/mol. The van der Waals surface area contributed by atoms with Crippen LogP contribution in [0.1, 0.15) is 62.3 Å². The van der Waals surface area contributed by atoms with E-state index in [9.17, 15) is 15.0 Å². The van der Waals surface area contributed by atoms with Gasteiger partial charge in [0.15, 0.2) is 0 Å². The molecule has 33 heavy (non-hydrogen) atoms. The standard InChI is InChI=1S/C27H35NO5/c1-17(20-12-7-13-21-22-23(26(30)31)25(22)33-24(20)21)32-16-19(29)15-28-27(2,3)14-8-11-18-9-5-4-6-10-18/h4-7,9-10,12-13,17,19,22-23,25,28-29H,8,11,14-16H2,1-3H3,(H,30,31)/t17-,19-,22+,23+,25+/m1/s1. The Labute approximate surface area is 195 Å². The van der Waals surface area contributed by atoms with Crippen LogP contribution in [0.15, 0.2) is 48.5 Å². The van der Waals surface area contributed by atoms with E-state index in [-0.39, 0.29) is 30.3 Å². The van der Waals surface area contributed by atoms with E-state index in [1.807, 2.05) is 31.2 Å². The molecule has 4 rings (SSSR count). The summed E-state index contributed by atoms with van der Waals surface area (Å²) in [7, 11) is 0. The van der Waals surface area contributed by atoms with E-state index < -0.39 is 18.0 Å². The molecule has 3 N–H and O–H groups in total. The first-order chi connectivity index (χ1) is 15.8. The zero-order chi connectivity index (χ0) is 23.6. The summed E-state index contributed by atoms with van der Waals surface area (Å²) in [5.41, 5.74) is 3.14. The van der Waals surface area contributed by atoms with Gasteiger partial charge in [0.2, 0.25) is 0 Å². The van der Waals surface area contributed by atoms with Gasteiger partial charge in [0.1, 0.15) is 17.8 Å². The normalized spacial score (nSPS) is 22.7. The van der Waals surface area contributed by atoms with Gasteiger partial charge in [0.25, 0.3) is 0 Å². The number of fused-ring (bicyclic) bond motifs is 3. The number of carbonyl (C=O) groups is 1. The van der Waals surface area contributed by atoms with E-state index in [0.29, 0.717) is 6.54 Å². The molecule has 2 aromatic rings. The van der Waals surface area contributed by atoms with Crippen molar-refractivity contribution in [3.8, 4) is 5.75 Å². The first kappa shape index (κ1) is 23.7. The first-order valence-electron chi connectivity index (χ1n) is 11.9. The maximum Gasteiger partial charge on any atom is 0.311 e. The SMILES string of the molecule is C[C@@H](OC[C@H](O)CNC(C)(C)CCCc1ccccc1)c1cccc2c1O[C@@H]1[C@@H](C(=O)O)[C@H]21. The minimum absolute atomic E-state index is 0.0523. The van der Waals surface area contributed by atoms with E-state index in [1.54, 1.807) is 0 Å². The third-order valence-corrected chi connectivity index (χ3v) is 6.83. The molecule has 178 valence electrons. The van der Waals surface area contributed by atoms with E-state index in [0.717, 1.165) is 36.1 Å². The Bertz CT molecular complexity index is 960. The molecule has 0 unspecified atom stereocenters. The number of benzene rings is 2. The minimum atomic E-state index is -0.802. The summed E-state index contributed by atoms with van der Waals surface area (Å²) in [4.78, 5) is 11.3. The lowest BCUT2D eigenvalue weighted by atomic mass is 9.95. The Balaban J connectivity index is 1.21. The zero-order valence-electron chi connectivity index (χ0n) is 19.7. The van der Waals surface area contributed by atoms with Gasteiger partial charge in [-0.2, -0.15) is 0 Å². The Morgan fingerprint density at radius 3 is 2.67 bits per heavy atom. The van der Waals surface area contributed by atoms with Crippen LogP contribution in [0.25, 0.3) is 0 Å². The van der Waals surface area contributed by atoms with Gasteiger partial charge in [-0.3, -0.25) is 4.79 Å². The second kappa shape index (κ2) is 9.84. The number of ether oxygens (including phenoxy) is 2. The number of β-amino-alcohol motifs (C(OH)–C–C–N with tert-alkyl or cyclic N) is 1. The number of hydrogen-bond acceptors (Lipinski definition) is 5. The average molecular weight is 454 g/mol. The Morgan fingerprint density at radius 2 is 1.94 bits per heavy atom. The van der Waals surface area contributed by atoms with Crippen molar-refractivity contribution in [2.75, 3.05) is 13.2 Å². The molecule has 1 saturated carbocycles. The Kier molecular flexibility index (Phi) is 7.07. The van der Waals surface area contributed by atoms with Gasteiger partial charge in [0, 0.05) is 29.1 Å². The van der Waals surface area contributed by atoms with E-state index >= 15 is 0 Å². The largest absolute Gasteiger partial charge is 0.488 e. The number of para-hydroxylation sites is 1. The molecule has 0 amide bonds. The van der Waals surface area contributed by atoms with E-state index in [1.165, 1.54) is 5.56 Å². The third-order valence-electron chi connectivity index (χ3n) is 6.83. The number of nitrogens with one attached hydrogen (secondary N) is 1. The predicted molar refractivity (Wildman–Crippen MR) is 127 cm³/mol. The van der Waals surface area contributed by atoms with Crippen molar-refractivity contribution in [1.29, 1.82) is 0 Å². The smallest absolute Gasteiger partial charge is 0.311 e. The number of hydrogen-bond donors (Lipinski definition) is 3. The van der Waals surface area contributed by atoms with E-state index in [4.69, 9.17) is 9.47 Å². The highest BCUT2D eigenvalue weighted by atomic mass is 16.5. The molecule has 2 aliphatic rings. The van der Waals surface area contributed by atoms with Crippen LogP contribution in [-0.4, -0.2) is 47.1 Å². The summed E-state index contributed by atoms with van der Waals surface area (Å²) in [6.45, 7) is 6.93. The number of aliphatic hydroxyl groups is 1. The quantitative estimate of drug-likeness (QED) is 0.449. The maximum absolute atomic E-state index is 11.3. The van der Waals surface area contributed by atoms with Crippen LogP contribution in [0.2, 0.25) is 0 Å². The number of aliphatic carboxylic acids is 1. The fourth-order valence-corrected chi connectivity index (χ4v) is 4.79. The first-order valence-corrected chi connectivity index (χ1v) is 11.9. The lowest BCUT2D eigenvalue weighted by Gasteiger charge is -2.28. The maximum atomic E-state index is 11.3. The van der Waals surface area contributed by atoms with Gasteiger partial charge in [-0.25, -0.2) is 0 Å². The number of rotatable bonds is 12. The van der Waals surface area contributed by atoms with Crippen LogP contribution in [0.5, 0.6) is 5.75 Å². The number of aryl methyl sites for hydroxylation is 1. The average Bonchev–Trinajstić information content (AvgIpc) is 3.39. The molecular weight excluding hydrogens is 418 g/mol. The number of carboxylic acids is 1. The molecule has 0 aromatic heterocycles. The van der Waals surface area contributed by atoms with E-state index in [2.05, 4.69) is 43.4 Å². The summed E-state index contributed by atoms with van der Waals surface area (Å²) in [6, 6.07) is 16.3. The highest BCUT2D eigenvalue weighted by molar-refractivity contribution is 5.79. The van der Waals surface area contributed by atoms with Crippen molar-refractivity contribution in [2.24, 2.45) is 5.92 Å². The summed E-state index contributed by atoms with van der Waals surface area (Å²) in [5, 5.41) is 23.2. The molecule has 0 bridgehead atoms. The van der Waals surface area contributed by atoms with Crippen LogP contribution in [-0.2, 0) is 16.0 Å². The second-order valence-corrected chi connectivity index (χ2v) is 9.97. The van der Waals surface area contributed by atoms with Crippen LogP contribution < -0.4 is 10.1 Å². The second-order valence-electron chi connectivity index (χ2n) is 9.97. The van der Waals surface area contributed by atoms with Crippen LogP contribution >= 0.6 is 0 Å². The predicted octanol–water partition coefficient (Wildman–Crippen LogP) is 4.08. The molecule has 6 nitrogen and oxygen atoms in total. The third kappa shape index (κ3) is 5.57. The van der Waals surface area contributed by atoms with Gasteiger partial charge in [0.05, 0.1) is 18.8 Å². The van der Waals surface area contributed by atoms with Crippen LogP contribution in [0.4, 0.5) is 0 Å². The topological polar surface area (TPSA) is 88.0 Å². The molecule has 1 aliphatic heterocycles. The zero-order valence-corrected chi connectivity index (χ0v) is 19.7. The lowest BCUT2D eigenvalue weighted by molar-refractivity contribution is -0.139. The summed E-state index contributed by atoms with van der Waals surface area (Å²) in [6.07, 6.45) is 2.01. The summed E-state index contributed by atoms with van der Waals surface area (Å²) >= 11 is 0. The number of aliphatic hydroxyl groups excluding tert-OH is 1. The van der Waals surface area contributed by atoms with Crippen molar-refractivity contribution in [1.82, 2.24) is 5.32 Å². The van der Waals surface area contributed by atoms with Crippen molar-refractivity contribution < 1.29 is 24.5 Å². The summed E-state index contributed by atoms with van der Waals surface area (Å²) in [5.74, 6) is -0.537. The molecule has 2 aromatic carbocycles. The lowest BCUT2D eigenvalue weighted by Crippen LogP contribution is -2.44. The van der Waals surface area contributed by atoms with Gasteiger partial charge in [-0.15, -0.1) is 0 Å². The molecule has 0 spiro atoms. The van der Waals surface area contributed by atoms with Crippen molar-refractivity contribution in [3.63, 3.8) is 0 Å². The summed E-state index contributed by atoms with van der Waals surface area (Å²) < 4.78 is 11.9. The minimum Gasteiger partial charge on any atom is -0.488 e. The Hall–Kier alpha value is -2.41. The molecule has 0 saturated heterocycles. The molecule has 0 radical (unpaired) electrons. The fourth-order valence-electron chi connectivity index (χ4n) is 4.79. The van der Waals surface area contributed by atoms with Crippen LogP contribution in [0.3, 0.4) is 0 Å². The van der Waals surface area contributed by atoms with Gasteiger partial charge in [-0.1, -0.05) is 48.5 Å². The van der Waals surface area contributed by atoms with Crippen molar-refractivity contribution in [3.05, 3.63) is 65.2 Å². The van der Waals surface area contributed by atoms with Crippen LogP contribution in [0, 0.1) is 5.92 Å². The van der Waals surface area contributed by atoms with Gasteiger partial charge < -0.3 is 25.0 Å². The fraction of sp³-hybridized carbons (Fsp3) is 0.519. The molecule has 1 fully saturated rings. The highest BCUT2D eigenvalue weighted by Gasteiger charge is 2.63. The molecule has 1 aliphatic carbocycles. The van der Waals surface area contributed by atoms with Gasteiger partial charge in [-0.05, 0) is 45.6 Å². The molecule has 6 heteroatoms. The molecular formula is C27H35NO5. The number of carboxylic acid groups (broad SMARTS) is 1. The van der Waals surface area contributed by atoms with Crippen molar-refractivity contribution >= 4 is 5.97 Å². The molecule has 1 heterocycles. The van der Waals surface area contributed by atoms with Gasteiger partial charge >= 0.3 is 5.97 Å². The Morgan fingerprint density at radius 1 is 1.18 bits per heavy atom. The molecule has 5 atom stereocenters.